The molecule has 1 fully saturated rings. The number of para-hydroxylation sites is 1. The highest BCUT2D eigenvalue weighted by atomic mass is 16.2. The van der Waals surface area contributed by atoms with Gasteiger partial charge in [0.15, 0.2) is 0 Å². The van der Waals surface area contributed by atoms with Crippen molar-refractivity contribution in [2.75, 3.05) is 25.0 Å². The lowest BCUT2D eigenvalue weighted by atomic mass is 10.1. The van der Waals surface area contributed by atoms with Crippen molar-refractivity contribution in [1.29, 1.82) is 0 Å². The van der Waals surface area contributed by atoms with E-state index in [2.05, 4.69) is 10.6 Å². The molecule has 0 saturated carbocycles. The minimum atomic E-state index is -0.288. The lowest BCUT2D eigenvalue weighted by molar-refractivity contribution is -0.122. The Hall–Kier alpha value is -1.92. The van der Waals surface area contributed by atoms with Gasteiger partial charge in [-0.05, 0) is 18.6 Å². The van der Waals surface area contributed by atoms with Crippen molar-refractivity contribution < 1.29 is 9.59 Å². The Balaban J connectivity index is 2.00. The molecular weight excluding hydrogens is 268 g/mol. The molecule has 1 aromatic rings. The van der Waals surface area contributed by atoms with Crippen LogP contribution in [0.1, 0.15) is 18.9 Å². The smallest absolute Gasteiger partial charge is 0.241 e. The molecule has 2 amide bonds. The van der Waals surface area contributed by atoms with E-state index in [0.717, 1.165) is 11.3 Å². The molecule has 1 unspecified atom stereocenters. The van der Waals surface area contributed by atoms with E-state index in [1.807, 2.05) is 36.1 Å². The predicted octanol–water partition coefficient (Wildman–Crippen LogP) is 0.294. The normalized spacial score (nSPS) is 17.7. The SMILES string of the molecule is CC(C(=O)Nc1ccccc1CN)N1CCNC(=O)CC1. The van der Waals surface area contributed by atoms with Gasteiger partial charge in [0.25, 0.3) is 0 Å². The number of benzene rings is 1. The fourth-order valence-corrected chi connectivity index (χ4v) is 2.39. The van der Waals surface area contributed by atoms with Crippen LogP contribution in [0.2, 0.25) is 0 Å². The third kappa shape index (κ3) is 4.03. The number of anilines is 1. The van der Waals surface area contributed by atoms with E-state index in [9.17, 15) is 9.59 Å². The third-order valence-electron chi connectivity index (χ3n) is 3.77. The summed E-state index contributed by atoms with van der Waals surface area (Å²) in [7, 11) is 0. The zero-order valence-corrected chi connectivity index (χ0v) is 12.3. The highest BCUT2D eigenvalue weighted by Gasteiger charge is 2.24. The average Bonchev–Trinajstić information content (AvgIpc) is 2.71. The molecule has 0 spiro atoms. The number of hydrogen-bond donors (Lipinski definition) is 3. The van der Waals surface area contributed by atoms with Crippen molar-refractivity contribution in [2.24, 2.45) is 5.73 Å². The highest BCUT2D eigenvalue weighted by Crippen LogP contribution is 2.15. The summed E-state index contributed by atoms with van der Waals surface area (Å²) in [5, 5.41) is 5.73. The van der Waals surface area contributed by atoms with Gasteiger partial charge in [-0.25, -0.2) is 0 Å². The first kappa shape index (κ1) is 15.5. The number of nitrogens with one attached hydrogen (secondary N) is 2. The first-order valence-corrected chi connectivity index (χ1v) is 7.21. The predicted molar refractivity (Wildman–Crippen MR) is 81.6 cm³/mol. The van der Waals surface area contributed by atoms with Gasteiger partial charge in [0, 0.05) is 38.3 Å². The molecule has 2 rings (SSSR count). The van der Waals surface area contributed by atoms with Gasteiger partial charge < -0.3 is 16.4 Å². The Kier molecular flexibility index (Phi) is 5.30. The van der Waals surface area contributed by atoms with E-state index in [1.54, 1.807) is 0 Å². The van der Waals surface area contributed by atoms with Crippen LogP contribution in [-0.2, 0) is 16.1 Å². The number of nitrogens with zero attached hydrogens (tertiary/aromatic N) is 1. The fraction of sp³-hybridized carbons (Fsp3) is 0.467. The molecular formula is C15H22N4O2. The van der Waals surface area contributed by atoms with Gasteiger partial charge in [-0.1, -0.05) is 18.2 Å². The third-order valence-corrected chi connectivity index (χ3v) is 3.77. The van der Waals surface area contributed by atoms with E-state index in [4.69, 9.17) is 5.73 Å². The number of rotatable bonds is 4. The molecule has 0 bridgehead atoms. The van der Waals surface area contributed by atoms with Crippen molar-refractivity contribution in [2.45, 2.75) is 25.9 Å². The molecule has 6 heteroatoms. The van der Waals surface area contributed by atoms with Crippen LogP contribution in [0, 0.1) is 0 Å². The second kappa shape index (κ2) is 7.19. The topological polar surface area (TPSA) is 87.5 Å². The van der Waals surface area contributed by atoms with Crippen molar-refractivity contribution in [1.82, 2.24) is 10.2 Å². The molecule has 1 aliphatic rings. The van der Waals surface area contributed by atoms with Gasteiger partial charge in [0.05, 0.1) is 6.04 Å². The van der Waals surface area contributed by atoms with E-state index in [-0.39, 0.29) is 17.9 Å². The molecule has 1 heterocycles. The lowest BCUT2D eigenvalue weighted by Crippen LogP contribution is -2.43. The number of carbonyl (C=O) groups excluding carboxylic acids is 2. The minimum Gasteiger partial charge on any atom is -0.355 e. The summed E-state index contributed by atoms with van der Waals surface area (Å²) in [5.41, 5.74) is 7.33. The number of hydrogen-bond acceptors (Lipinski definition) is 4. The molecule has 1 aliphatic heterocycles. The summed E-state index contributed by atoms with van der Waals surface area (Å²) < 4.78 is 0. The van der Waals surface area contributed by atoms with Crippen LogP contribution in [0.5, 0.6) is 0 Å². The molecule has 1 atom stereocenters. The van der Waals surface area contributed by atoms with Crippen molar-refractivity contribution in [3.8, 4) is 0 Å². The molecule has 0 aromatic heterocycles. The largest absolute Gasteiger partial charge is 0.355 e. The maximum absolute atomic E-state index is 12.4. The van der Waals surface area contributed by atoms with Gasteiger partial charge in [-0.2, -0.15) is 0 Å². The molecule has 0 radical (unpaired) electrons. The van der Waals surface area contributed by atoms with Crippen LogP contribution in [0.25, 0.3) is 0 Å². The maximum atomic E-state index is 12.4. The first-order valence-electron chi connectivity index (χ1n) is 7.21. The second-order valence-corrected chi connectivity index (χ2v) is 5.16. The summed E-state index contributed by atoms with van der Waals surface area (Å²) in [6.45, 7) is 4.09. The maximum Gasteiger partial charge on any atom is 0.241 e. The molecule has 21 heavy (non-hydrogen) atoms. The van der Waals surface area contributed by atoms with E-state index in [1.165, 1.54) is 0 Å². The Morgan fingerprint density at radius 1 is 1.43 bits per heavy atom. The zero-order valence-electron chi connectivity index (χ0n) is 12.3. The van der Waals surface area contributed by atoms with Gasteiger partial charge in [-0.15, -0.1) is 0 Å². The molecule has 114 valence electrons. The number of amides is 2. The van der Waals surface area contributed by atoms with Crippen LogP contribution in [0.3, 0.4) is 0 Å². The summed E-state index contributed by atoms with van der Waals surface area (Å²) in [6, 6.07) is 7.22. The van der Waals surface area contributed by atoms with Crippen LogP contribution in [-0.4, -0.2) is 42.4 Å². The van der Waals surface area contributed by atoms with E-state index < -0.39 is 0 Å². The molecule has 0 aliphatic carbocycles. The number of nitrogens with two attached hydrogens (primary N) is 1. The van der Waals surface area contributed by atoms with Crippen LogP contribution < -0.4 is 16.4 Å². The second-order valence-electron chi connectivity index (χ2n) is 5.16. The van der Waals surface area contributed by atoms with Gasteiger partial charge >= 0.3 is 0 Å². The minimum absolute atomic E-state index is 0.0404. The van der Waals surface area contributed by atoms with Crippen molar-refractivity contribution in [3.05, 3.63) is 29.8 Å². The Morgan fingerprint density at radius 2 is 2.19 bits per heavy atom. The first-order chi connectivity index (χ1) is 10.1. The van der Waals surface area contributed by atoms with Gasteiger partial charge in [0.2, 0.25) is 11.8 Å². The molecule has 4 N–H and O–H groups in total. The average molecular weight is 290 g/mol. The quantitative estimate of drug-likeness (QED) is 0.744. The standard InChI is InChI=1S/C15H22N4O2/c1-11(19-8-6-14(20)17-7-9-19)15(21)18-13-5-3-2-4-12(13)10-16/h2-5,11H,6-10,16H2,1H3,(H,17,20)(H,18,21). The zero-order chi connectivity index (χ0) is 15.2. The van der Waals surface area contributed by atoms with E-state index >= 15 is 0 Å². The monoisotopic (exact) mass is 290 g/mol. The summed E-state index contributed by atoms with van der Waals surface area (Å²) in [6.07, 6.45) is 0.428. The summed E-state index contributed by atoms with van der Waals surface area (Å²) >= 11 is 0. The highest BCUT2D eigenvalue weighted by molar-refractivity contribution is 5.95. The molecule has 1 aromatic carbocycles. The van der Waals surface area contributed by atoms with Gasteiger partial charge in [-0.3, -0.25) is 14.5 Å². The van der Waals surface area contributed by atoms with Crippen molar-refractivity contribution in [3.63, 3.8) is 0 Å². The lowest BCUT2D eigenvalue weighted by Gasteiger charge is -2.26. The molecule has 6 nitrogen and oxygen atoms in total. The Morgan fingerprint density at radius 3 is 2.95 bits per heavy atom. The summed E-state index contributed by atoms with van der Waals surface area (Å²) in [4.78, 5) is 25.7. The summed E-state index contributed by atoms with van der Waals surface area (Å²) in [5.74, 6) is -0.0381. The van der Waals surface area contributed by atoms with Crippen LogP contribution in [0.15, 0.2) is 24.3 Å². The van der Waals surface area contributed by atoms with Crippen LogP contribution in [0.4, 0.5) is 5.69 Å². The molecule has 1 saturated heterocycles. The Labute approximate surface area is 124 Å². The number of carbonyl (C=O) groups is 2. The van der Waals surface area contributed by atoms with Crippen molar-refractivity contribution >= 4 is 17.5 Å². The Bertz CT molecular complexity index is 518. The van der Waals surface area contributed by atoms with E-state index in [0.29, 0.717) is 32.6 Å². The van der Waals surface area contributed by atoms with Crippen LogP contribution >= 0.6 is 0 Å². The van der Waals surface area contributed by atoms with Gasteiger partial charge in [0.1, 0.15) is 0 Å². The fourth-order valence-electron chi connectivity index (χ4n) is 2.39.